The number of nitrogens with one attached hydrogen (secondary N) is 1. The summed E-state index contributed by atoms with van der Waals surface area (Å²) in [4.78, 5) is 10.3. The Morgan fingerprint density at radius 3 is 2.56 bits per heavy atom. The first-order valence-electron chi connectivity index (χ1n) is 2.78. The molecule has 54 valence electrons. The number of aliphatic hydroxyl groups is 1. The lowest BCUT2D eigenvalue weighted by Crippen LogP contribution is -2.41. The quantitative estimate of drug-likeness (QED) is 0.435. The highest BCUT2D eigenvalue weighted by Gasteiger charge is 2.03. The van der Waals surface area contributed by atoms with Gasteiger partial charge in [0.05, 0.1) is 12.6 Å². The van der Waals surface area contributed by atoms with Gasteiger partial charge in [0.1, 0.15) is 0 Å². The number of nitrogens with two attached hydrogens (primary N) is 1. The van der Waals surface area contributed by atoms with Crippen molar-refractivity contribution in [2.45, 2.75) is 13.0 Å². The molecule has 1 atom stereocenters. The number of rotatable bonds is 3. The number of carbonyl (C=O) groups excluding carboxylic acids is 1. The van der Waals surface area contributed by atoms with Crippen LogP contribution in [0.4, 0.5) is 0 Å². The molecule has 0 aromatic carbocycles. The molecule has 0 aromatic heterocycles. The predicted octanol–water partition coefficient (Wildman–Crippen LogP) is -1.56. The van der Waals surface area contributed by atoms with Crippen molar-refractivity contribution < 1.29 is 9.90 Å². The molecule has 0 bridgehead atoms. The molecule has 0 spiro atoms. The average Bonchev–Trinajstić information content (AvgIpc) is 1.82. The Balaban J connectivity index is 3.43. The SMILES string of the molecule is CC(=O)N[C@H](CN)CO. The Morgan fingerprint density at radius 2 is 2.44 bits per heavy atom. The van der Waals surface area contributed by atoms with Gasteiger partial charge in [-0.15, -0.1) is 0 Å². The van der Waals surface area contributed by atoms with E-state index in [9.17, 15) is 4.79 Å². The maximum Gasteiger partial charge on any atom is 0.217 e. The Bertz CT molecular complexity index is 91.0. The standard InChI is InChI=1S/C5H12N2O2/c1-4(9)7-5(2-6)3-8/h5,8H,2-3,6H2,1H3,(H,7,9)/t5-/m1/s1. The van der Waals surface area contributed by atoms with Crippen LogP contribution in [0.3, 0.4) is 0 Å². The Labute approximate surface area is 54.0 Å². The topological polar surface area (TPSA) is 75.4 Å². The molecule has 0 aliphatic rings. The van der Waals surface area contributed by atoms with Gasteiger partial charge in [0, 0.05) is 13.5 Å². The van der Waals surface area contributed by atoms with E-state index in [0.717, 1.165) is 0 Å². The van der Waals surface area contributed by atoms with Crippen molar-refractivity contribution >= 4 is 5.91 Å². The molecule has 0 unspecified atom stereocenters. The average molecular weight is 132 g/mol. The summed E-state index contributed by atoms with van der Waals surface area (Å²) in [6, 6.07) is -0.289. The maximum atomic E-state index is 10.3. The zero-order valence-corrected chi connectivity index (χ0v) is 5.42. The Kier molecular flexibility index (Phi) is 4.00. The van der Waals surface area contributed by atoms with E-state index < -0.39 is 0 Å². The maximum absolute atomic E-state index is 10.3. The summed E-state index contributed by atoms with van der Waals surface area (Å²) in [7, 11) is 0. The second kappa shape index (κ2) is 4.29. The van der Waals surface area contributed by atoms with Gasteiger partial charge >= 0.3 is 0 Å². The molecule has 4 N–H and O–H groups in total. The van der Waals surface area contributed by atoms with Crippen LogP contribution >= 0.6 is 0 Å². The van der Waals surface area contributed by atoms with Crippen molar-refractivity contribution in [2.75, 3.05) is 13.2 Å². The molecule has 0 radical (unpaired) electrons. The molecule has 0 aliphatic carbocycles. The fraction of sp³-hybridized carbons (Fsp3) is 0.800. The minimum Gasteiger partial charge on any atom is -0.394 e. The number of amides is 1. The third-order valence-electron chi connectivity index (χ3n) is 0.912. The van der Waals surface area contributed by atoms with Crippen LogP contribution in [0.15, 0.2) is 0 Å². The molecule has 1 amide bonds. The summed E-state index contributed by atoms with van der Waals surface area (Å²) >= 11 is 0. The van der Waals surface area contributed by atoms with Crippen LogP contribution in [0.2, 0.25) is 0 Å². The van der Waals surface area contributed by atoms with Gasteiger partial charge in [-0.05, 0) is 0 Å². The van der Waals surface area contributed by atoms with E-state index in [1.165, 1.54) is 6.92 Å². The number of hydrogen-bond acceptors (Lipinski definition) is 3. The molecule has 0 aliphatic heterocycles. The van der Waals surface area contributed by atoms with Crippen LogP contribution in [-0.2, 0) is 4.79 Å². The van der Waals surface area contributed by atoms with Crippen LogP contribution < -0.4 is 11.1 Å². The van der Waals surface area contributed by atoms with Crippen LogP contribution in [0.5, 0.6) is 0 Å². The summed E-state index contributed by atoms with van der Waals surface area (Å²) < 4.78 is 0. The van der Waals surface area contributed by atoms with Crippen LogP contribution in [-0.4, -0.2) is 30.2 Å². The van der Waals surface area contributed by atoms with E-state index >= 15 is 0 Å². The van der Waals surface area contributed by atoms with Gasteiger partial charge in [-0.2, -0.15) is 0 Å². The van der Waals surface area contributed by atoms with Crippen molar-refractivity contribution in [3.63, 3.8) is 0 Å². The molecule has 0 saturated carbocycles. The first-order valence-corrected chi connectivity index (χ1v) is 2.78. The summed E-state index contributed by atoms with van der Waals surface area (Å²) in [5.41, 5.74) is 5.16. The summed E-state index contributed by atoms with van der Waals surface area (Å²) in [5, 5.41) is 10.9. The van der Waals surface area contributed by atoms with E-state index in [2.05, 4.69) is 5.32 Å². The predicted molar refractivity (Wildman–Crippen MR) is 33.7 cm³/mol. The Morgan fingerprint density at radius 1 is 1.89 bits per heavy atom. The summed E-state index contributed by atoms with van der Waals surface area (Å²) in [6.45, 7) is 1.56. The van der Waals surface area contributed by atoms with Crippen molar-refractivity contribution in [3.8, 4) is 0 Å². The molecule has 4 nitrogen and oxygen atoms in total. The molecule has 0 rings (SSSR count). The van der Waals surface area contributed by atoms with Gasteiger partial charge in [0.15, 0.2) is 0 Å². The molecule has 0 heterocycles. The third-order valence-corrected chi connectivity index (χ3v) is 0.912. The second-order valence-corrected chi connectivity index (χ2v) is 1.82. The van der Waals surface area contributed by atoms with Gasteiger partial charge in [-0.3, -0.25) is 4.79 Å². The second-order valence-electron chi connectivity index (χ2n) is 1.82. The van der Waals surface area contributed by atoms with Crippen LogP contribution in [0.1, 0.15) is 6.92 Å². The van der Waals surface area contributed by atoms with Gasteiger partial charge in [-0.1, -0.05) is 0 Å². The molecule has 9 heavy (non-hydrogen) atoms. The van der Waals surface area contributed by atoms with E-state index in [1.54, 1.807) is 0 Å². The lowest BCUT2D eigenvalue weighted by molar-refractivity contribution is -0.119. The molecular weight excluding hydrogens is 120 g/mol. The minimum atomic E-state index is -0.289. The van der Waals surface area contributed by atoms with Crippen molar-refractivity contribution in [2.24, 2.45) is 5.73 Å². The zero-order valence-electron chi connectivity index (χ0n) is 5.42. The van der Waals surface area contributed by atoms with Gasteiger partial charge in [0.25, 0.3) is 0 Å². The smallest absolute Gasteiger partial charge is 0.217 e. The van der Waals surface area contributed by atoms with Crippen molar-refractivity contribution in [1.29, 1.82) is 0 Å². The molecular formula is C5H12N2O2. The summed E-state index contributed by atoms with van der Waals surface area (Å²) in [5.74, 6) is -0.167. The zero-order chi connectivity index (χ0) is 7.28. The van der Waals surface area contributed by atoms with Crippen LogP contribution in [0, 0.1) is 0 Å². The number of carbonyl (C=O) groups is 1. The molecule has 4 heteroatoms. The fourth-order valence-electron chi connectivity index (χ4n) is 0.467. The van der Waals surface area contributed by atoms with E-state index in [-0.39, 0.29) is 25.1 Å². The minimum absolute atomic E-state index is 0.101. The van der Waals surface area contributed by atoms with E-state index in [1.807, 2.05) is 0 Å². The molecule has 0 fully saturated rings. The largest absolute Gasteiger partial charge is 0.394 e. The monoisotopic (exact) mass is 132 g/mol. The number of aliphatic hydroxyl groups excluding tert-OH is 1. The van der Waals surface area contributed by atoms with E-state index in [4.69, 9.17) is 10.8 Å². The molecule has 0 aromatic rings. The van der Waals surface area contributed by atoms with Gasteiger partial charge in [-0.25, -0.2) is 0 Å². The highest BCUT2D eigenvalue weighted by molar-refractivity contribution is 5.73. The first kappa shape index (κ1) is 8.39. The van der Waals surface area contributed by atoms with Gasteiger partial charge in [0.2, 0.25) is 5.91 Å². The third kappa shape index (κ3) is 3.93. The Hall–Kier alpha value is -0.610. The van der Waals surface area contributed by atoms with Crippen molar-refractivity contribution in [1.82, 2.24) is 5.32 Å². The molecule has 0 saturated heterocycles. The lowest BCUT2D eigenvalue weighted by atomic mass is 10.3. The highest BCUT2D eigenvalue weighted by Crippen LogP contribution is 1.75. The van der Waals surface area contributed by atoms with Crippen molar-refractivity contribution in [3.05, 3.63) is 0 Å². The normalized spacial score (nSPS) is 12.8. The first-order chi connectivity index (χ1) is 4.20. The fourth-order valence-corrected chi connectivity index (χ4v) is 0.467. The van der Waals surface area contributed by atoms with Crippen LogP contribution in [0.25, 0.3) is 0 Å². The lowest BCUT2D eigenvalue weighted by Gasteiger charge is -2.10. The summed E-state index contributed by atoms with van der Waals surface area (Å²) in [6.07, 6.45) is 0. The highest BCUT2D eigenvalue weighted by atomic mass is 16.3. The van der Waals surface area contributed by atoms with E-state index in [0.29, 0.717) is 0 Å². The number of hydrogen-bond donors (Lipinski definition) is 3. The van der Waals surface area contributed by atoms with Gasteiger partial charge < -0.3 is 16.2 Å².